The van der Waals surface area contributed by atoms with Crippen molar-refractivity contribution in [3.8, 4) is 17.2 Å². The first kappa shape index (κ1) is 31.1. The number of hydrogen-bond acceptors (Lipinski definition) is 10. The Hall–Kier alpha value is -4.35. The first-order chi connectivity index (χ1) is 21.4. The molecule has 0 saturated carbocycles. The molecule has 4 aromatic rings. The molecule has 1 N–H and O–H groups in total. The minimum atomic E-state index is -0.985. The number of aliphatic hydroxyl groups excluding tert-OH is 1. The molecule has 1 atom stereocenters. The van der Waals surface area contributed by atoms with Gasteiger partial charge in [0.1, 0.15) is 11.5 Å². The molecule has 1 aliphatic rings. The van der Waals surface area contributed by atoms with Crippen molar-refractivity contribution in [2.24, 2.45) is 0 Å². The molecular weight excluding hydrogens is 599 g/mol. The fraction of sp³-hybridized carbons (Fsp3) is 0.273. The van der Waals surface area contributed by atoms with E-state index in [1.165, 1.54) is 28.0 Å². The second-order valence-electron chi connectivity index (χ2n) is 9.74. The second-order valence-corrected chi connectivity index (χ2v) is 11.9. The van der Waals surface area contributed by atoms with Crippen LogP contribution in [0.2, 0.25) is 0 Å². The lowest BCUT2D eigenvalue weighted by atomic mass is 9.95. The first-order valence-corrected chi connectivity index (χ1v) is 16.2. The third kappa shape index (κ3) is 6.74. The molecule has 44 heavy (non-hydrogen) atoms. The van der Waals surface area contributed by atoms with E-state index in [1.54, 1.807) is 42.5 Å². The zero-order valence-corrected chi connectivity index (χ0v) is 26.3. The van der Waals surface area contributed by atoms with Crippen molar-refractivity contribution in [1.29, 1.82) is 0 Å². The highest BCUT2D eigenvalue weighted by Crippen LogP contribution is 2.45. The highest BCUT2D eigenvalue weighted by molar-refractivity contribution is 8.00. The number of ketones is 1. The summed E-state index contributed by atoms with van der Waals surface area (Å²) in [6.07, 6.45) is 0.856. The van der Waals surface area contributed by atoms with E-state index in [4.69, 9.17) is 14.2 Å². The van der Waals surface area contributed by atoms with Gasteiger partial charge >= 0.3 is 5.91 Å². The van der Waals surface area contributed by atoms with E-state index in [1.807, 2.05) is 51.1 Å². The van der Waals surface area contributed by atoms with Crippen LogP contribution in [0.4, 0.5) is 5.13 Å². The number of nitrogens with zero attached hydrogens (tertiary/aromatic N) is 3. The smallest absolute Gasteiger partial charge is 0.301 e. The van der Waals surface area contributed by atoms with E-state index in [0.717, 1.165) is 12.0 Å². The zero-order valence-electron chi connectivity index (χ0n) is 24.7. The Bertz CT molecular complexity index is 1640. The third-order valence-electron chi connectivity index (χ3n) is 6.74. The topological polar surface area (TPSA) is 111 Å². The van der Waals surface area contributed by atoms with Gasteiger partial charge in [0, 0.05) is 11.3 Å². The largest absolute Gasteiger partial charge is 0.507 e. The Balaban J connectivity index is 1.57. The summed E-state index contributed by atoms with van der Waals surface area (Å²) in [5, 5.41) is 20.4. The van der Waals surface area contributed by atoms with Crippen molar-refractivity contribution in [3.05, 3.63) is 95.1 Å². The number of benzene rings is 3. The van der Waals surface area contributed by atoms with E-state index in [9.17, 15) is 14.7 Å². The number of rotatable bonds is 13. The quantitative estimate of drug-likeness (QED) is 0.0546. The van der Waals surface area contributed by atoms with Gasteiger partial charge in [0.2, 0.25) is 5.13 Å². The van der Waals surface area contributed by atoms with Crippen molar-refractivity contribution in [2.45, 2.75) is 43.3 Å². The van der Waals surface area contributed by atoms with Crippen LogP contribution in [-0.2, 0) is 15.3 Å². The van der Waals surface area contributed by atoms with Crippen molar-refractivity contribution in [1.82, 2.24) is 10.2 Å². The second kappa shape index (κ2) is 14.4. The summed E-state index contributed by atoms with van der Waals surface area (Å²) in [5.41, 5.74) is 1.99. The number of aliphatic hydroxyl groups is 1. The fourth-order valence-corrected chi connectivity index (χ4v) is 6.57. The van der Waals surface area contributed by atoms with Gasteiger partial charge in [0.15, 0.2) is 15.8 Å². The van der Waals surface area contributed by atoms with Crippen LogP contribution >= 0.6 is 23.1 Å². The van der Waals surface area contributed by atoms with Gasteiger partial charge in [-0.25, -0.2) is 0 Å². The van der Waals surface area contributed by atoms with E-state index >= 15 is 0 Å². The van der Waals surface area contributed by atoms with Gasteiger partial charge in [0.25, 0.3) is 5.78 Å². The summed E-state index contributed by atoms with van der Waals surface area (Å²) in [6, 6.07) is 21.0. The number of carbonyl (C=O) groups excluding carboxylic acids is 2. The summed E-state index contributed by atoms with van der Waals surface area (Å²) < 4.78 is 17.9. The molecule has 1 aromatic heterocycles. The monoisotopic (exact) mass is 631 g/mol. The van der Waals surface area contributed by atoms with E-state index in [-0.39, 0.29) is 16.5 Å². The standard InChI is InChI=1S/C33H33N3O6S2/c1-4-18-42-24-15-12-22(13-16-24)29(37)27-28(23-14-17-25(40-5-2)26(19-23)41-6-3)36(31(39)30(27)38)32-34-35-33(44-32)43-20-21-10-8-7-9-11-21/h7-17,19,28,37H,4-6,18,20H2,1-3H3/b29-27+. The molecule has 9 nitrogen and oxygen atoms in total. The van der Waals surface area contributed by atoms with Gasteiger partial charge in [-0.1, -0.05) is 66.4 Å². The number of aromatic nitrogens is 2. The molecule has 1 saturated heterocycles. The molecule has 1 fully saturated rings. The number of anilines is 1. The van der Waals surface area contributed by atoms with Gasteiger partial charge in [0.05, 0.1) is 31.4 Å². The van der Waals surface area contributed by atoms with Gasteiger partial charge in [-0.3, -0.25) is 14.5 Å². The highest BCUT2D eigenvalue weighted by Gasteiger charge is 2.48. The lowest BCUT2D eigenvalue weighted by molar-refractivity contribution is -0.132. The third-order valence-corrected chi connectivity index (χ3v) is 8.86. The number of carbonyl (C=O) groups is 2. The molecule has 1 unspecified atom stereocenters. The number of hydrogen-bond donors (Lipinski definition) is 1. The SMILES string of the molecule is CCCOc1ccc(/C(O)=C2\C(=O)C(=O)N(c3nnc(SCc4ccccc4)s3)C2c2ccc(OCC)c(OCC)c2)cc1. The summed E-state index contributed by atoms with van der Waals surface area (Å²) in [4.78, 5) is 28.6. The van der Waals surface area contributed by atoms with Crippen LogP contribution < -0.4 is 19.1 Å². The van der Waals surface area contributed by atoms with Gasteiger partial charge in [-0.15, -0.1) is 10.2 Å². The Morgan fingerprint density at radius 3 is 2.34 bits per heavy atom. The summed E-state index contributed by atoms with van der Waals surface area (Å²) >= 11 is 2.71. The average molecular weight is 632 g/mol. The summed E-state index contributed by atoms with van der Waals surface area (Å²) in [6.45, 7) is 7.13. The molecular formula is C33H33N3O6S2. The molecule has 1 aliphatic heterocycles. The normalized spacial score (nSPS) is 15.9. The lowest BCUT2D eigenvalue weighted by Gasteiger charge is -2.23. The van der Waals surface area contributed by atoms with Crippen molar-refractivity contribution in [2.75, 3.05) is 24.7 Å². The van der Waals surface area contributed by atoms with Crippen LogP contribution in [0.15, 0.2) is 82.7 Å². The zero-order chi connectivity index (χ0) is 31.1. The van der Waals surface area contributed by atoms with Crippen molar-refractivity contribution in [3.63, 3.8) is 0 Å². The molecule has 11 heteroatoms. The Morgan fingerprint density at radius 2 is 1.64 bits per heavy atom. The molecule has 5 rings (SSSR count). The number of ether oxygens (including phenoxy) is 3. The van der Waals surface area contributed by atoms with Crippen LogP contribution in [-0.4, -0.2) is 46.8 Å². The summed E-state index contributed by atoms with van der Waals surface area (Å²) in [7, 11) is 0. The molecule has 1 amide bonds. The maximum absolute atomic E-state index is 13.7. The minimum Gasteiger partial charge on any atom is -0.507 e. The highest BCUT2D eigenvalue weighted by atomic mass is 32.2. The van der Waals surface area contributed by atoms with Crippen LogP contribution in [0.3, 0.4) is 0 Å². The van der Waals surface area contributed by atoms with E-state index in [2.05, 4.69) is 10.2 Å². The molecule has 0 spiro atoms. The van der Waals surface area contributed by atoms with E-state index in [0.29, 0.717) is 58.3 Å². The van der Waals surface area contributed by atoms with E-state index < -0.39 is 17.7 Å². The van der Waals surface area contributed by atoms with Gasteiger partial charge in [-0.2, -0.15) is 0 Å². The number of thioether (sulfide) groups is 1. The maximum Gasteiger partial charge on any atom is 0.301 e. The van der Waals surface area contributed by atoms with Gasteiger partial charge in [-0.05, 0) is 67.8 Å². The molecule has 0 bridgehead atoms. The predicted molar refractivity (Wildman–Crippen MR) is 172 cm³/mol. The first-order valence-electron chi connectivity index (χ1n) is 14.4. The van der Waals surface area contributed by atoms with Crippen LogP contribution in [0, 0.1) is 0 Å². The Morgan fingerprint density at radius 1 is 0.909 bits per heavy atom. The Kier molecular flexibility index (Phi) is 10.2. The molecule has 0 aliphatic carbocycles. The molecule has 2 heterocycles. The van der Waals surface area contributed by atoms with Crippen LogP contribution in [0.1, 0.15) is 49.9 Å². The number of amides is 1. The van der Waals surface area contributed by atoms with Crippen LogP contribution in [0.25, 0.3) is 5.76 Å². The summed E-state index contributed by atoms with van der Waals surface area (Å²) in [5.74, 6) is 0.392. The van der Waals surface area contributed by atoms with Crippen LogP contribution in [0.5, 0.6) is 17.2 Å². The minimum absolute atomic E-state index is 0.0578. The molecule has 0 radical (unpaired) electrons. The molecule has 228 valence electrons. The predicted octanol–water partition coefficient (Wildman–Crippen LogP) is 7.04. The van der Waals surface area contributed by atoms with Crippen molar-refractivity contribution < 1.29 is 28.9 Å². The van der Waals surface area contributed by atoms with Crippen molar-refractivity contribution >= 4 is 45.7 Å². The number of Topliss-reactive ketones (excluding diaryl/α,β-unsaturated/α-hetero) is 1. The lowest BCUT2D eigenvalue weighted by Crippen LogP contribution is -2.29. The molecule has 3 aromatic carbocycles. The average Bonchev–Trinajstić information content (AvgIpc) is 3.62. The Labute approximate surface area is 264 Å². The maximum atomic E-state index is 13.7. The fourth-order valence-electron chi connectivity index (χ4n) is 4.74. The van der Waals surface area contributed by atoms with Gasteiger partial charge < -0.3 is 19.3 Å².